The van der Waals surface area contributed by atoms with Gasteiger partial charge in [-0.3, -0.25) is 0 Å². The monoisotopic (exact) mass is 226 g/mol. The van der Waals surface area contributed by atoms with Gasteiger partial charge in [0.05, 0.1) is 0 Å². The van der Waals surface area contributed by atoms with Crippen LogP contribution >= 0.6 is 0 Å². The summed E-state index contributed by atoms with van der Waals surface area (Å²) in [6, 6.07) is 0. The SMILES string of the molecule is CC1(S(N)(=O)=O)C=CC=C2NCCC2=C1. The van der Waals surface area contributed by atoms with Crippen molar-refractivity contribution >= 4 is 10.0 Å². The molecule has 5 heteroatoms. The molecule has 1 fully saturated rings. The summed E-state index contributed by atoms with van der Waals surface area (Å²) < 4.78 is 21.9. The molecule has 0 saturated carbocycles. The first-order valence-corrected chi connectivity index (χ1v) is 6.35. The largest absolute Gasteiger partial charge is 0.384 e. The first-order chi connectivity index (χ1) is 6.92. The molecule has 4 nitrogen and oxygen atoms in total. The summed E-state index contributed by atoms with van der Waals surface area (Å²) >= 11 is 0. The molecule has 2 rings (SSSR count). The van der Waals surface area contributed by atoms with E-state index in [0.717, 1.165) is 24.2 Å². The zero-order chi connectivity index (χ0) is 11.1. The third-order valence-electron chi connectivity index (χ3n) is 2.82. The number of hydrogen-bond acceptors (Lipinski definition) is 3. The van der Waals surface area contributed by atoms with Gasteiger partial charge in [0, 0.05) is 12.2 Å². The van der Waals surface area contributed by atoms with Gasteiger partial charge < -0.3 is 5.32 Å². The Morgan fingerprint density at radius 1 is 1.53 bits per heavy atom. The van der Waals surface area contributed by atoms with Crippen molar-refractivity contribution in [1.29, 1.82) is 0 Å². The first-order valence-electron chi connectivity index (χ1n) is 4.80. The normalized spacial score (nSPS) is 30.0. The van der Waals surface area contributed by atoms with E-state index in [-0.39, 0.29) is 0 Å². The minimum atomic E-state index is -3.61. The zero-order valence-corrected chi connectivity index (χ0v) is 9.34. The van der Waals surface area contributed by atoms with E-state index in [1.807, 2.05) is 6.08 Å². The Bertz CT molecular complexity index is 474. The third kappa shape index (κ3) is 1.72. The Balaban J connectivity index is 2.52. The molecule has 1 aliphatic heterocycles. The maximum Gasteiger partial charge on any atom is 0.221 e. The van der Waals surface area contributed by atoms with Gasteiger partial charge in [-0.25, -0.2) is 13.6 Å². The highest BCUT2D eigenvalue weighted by Gasteiger charge is 2.33. The van der Waals surface area contributed by atoms with Crippen molar-refractivity contribution in [3.05, 3.63) is 35.6 Å². The minimum absolute atomic E-state index is 0.846. The lowest BCUT2D eigenvalue weighted by Crippen LogP contribution is -2.37. The van der Waals surface area contributed by atoms with E-state index in [0.29, 0.717) is 0 Å². The summed E-state index contributed by atoms with van der Waals surface area (Å²) in [5.74, 6) is 0. The molecule has 0 aromatic rings. The minimum Gasteiger partial charge on any atom is -0.384 e. The Morgan fingerprint density at radius 3 is 2.93 bits per heavy atom. The fraction of sp³-hybridized carbons (Fsp3) is 0.400. The molecule has 1 unspecified atom stereocenters. The van der Waals surface area contributed by atoms with Gasteiger partial charge in [-0.15, -0.1) is 0 Å². The number of allylic oxidation sites excluding steroid dienone is 3. The van der Waals surface area contributed by atoms with Gasteiger partial charge in [0.25, 0.3) is 0 Å². The van der Waals surface area contributed by atoms with Crippen molar-refractivity contribution in [3.63, 3.8) is 0 Å². The number of hydrogen-bond donors (Lipinski definition) is 2. The van der Waals surface area contributed by atoms with Gasteiger partial charge in [0.2, 0.25) is 10.0 Å². The Hall–Kier alpha value is -1.07. The van der Waals surface area contributed by atoms with Crippen LogP contribution in [0.1, 0.15) is 13.3 Å². The molecule has 0 amide bonds. The number of rotatable bonds is 1. The second-order valence-corrected chi connectivity index (χ2v) is 5.98. The molecule has 2 aliphatic rings. The third-order valence-corrected chi connectivity index (χ3v) is 4.30. The predicted octanol–water partition coefficient (Wildman–Crippen LogP) is 0.407. The molecule has 82 valence electrons. The summed E-state index contributed by atoms with van der Waals surface area (Å²) in [7, 11) is -3.61. The topological polar surface area (TPSA) is 72.2 Å². The summed E-state index contributed by atoms with van der Waals surface area (Å²) in [5.41, 5.74) is 2.02. The number of nitrogens with one attached hydrogen (secondary N) is 1. The predicted molar refractivity (Wildman–Crippen MR) is 59.4 cm³/mol. The van der Waals surface area contributed by atoms with Crippen LogP contribution in [-0.4, -0.2) is 19.7 Å². The van der Waals surface area contributed by atoms with E-state index >= 15 is 0 Å². The molecule has 0 spiro atoms. The first kappa shape index (κ1) is 10.4. The zero-order valence-electron chi connectivity index (χ0n) is 8.53. The number of primary sulfonamides is 1. The van der Waals surface area contributed by atoms with Crippen LogP contribution in [0.5, 0.6) is 0 Å². The van der Waals surface area contributed by atoms with Crippen LogP contribution in [-0.2, 0) is 10.0 Å². The van der Waals surface area contributed by atoms with Gasteiger partial charge in [-0.1, -0.05) is 18.2 Å². The second-order valence-electron chi connectivity index (χ2n) is 4.01. The average Bonchev–Trinajstić information content (AvgIpc) is 2.45. The van der Waals surface area contributed by atoms with Gasteiger partial charge in [-0.05, 0) is 25.0 Å². The van der Waals surface area contributed by atoms with Crippen LogP contribution in [0.25, 0.3) is 0 Å². The van der Waals surface area contributed by atoms with Crippen LogP contribution in [0.15, 0.2) is 35.6 Å². The van der Waals surface area contributed by atoms with Crippen molar-refractivity contribution in [2.24, 2.45) is 5.14 Å². The van der Waals surface area contributed by atoms with E-state index in [2.05, 4.69) is 5.32 Å². The van der Waals surface area contributed by atoms with E-state index in [4.69, 9.17) is 5.14 Å². The van der Waals surface area contributed by atoms with Crippen molar-refractivity contribution in [1.82, 2.24) is 5.32 Å². The lowest BCUT2D eigenvalue weighted by molar-refractivity contribution is 0.581. The Kier molecular flexibility index (Phi) is 2.24. The highest BCUT2D eigenvalue weighted by atomic mass is 32.2. The van der Waals surface area contributed by atoms with E-state index in [9.17, 15) is 8.42 Å². The lowest BCUT2D eigenvalue weighted by Gasteiger charge is -2.19. The molecule has 0 aromatic carbocycles. The Morgan fingerprint density at radius 2 is 2.27 bits per heavy atom. The Labute approximate surface area is 89.6 Å². The van der Waals surface area contributed by atoms with Crippen molar-refractivity contribution in [2.75, 3.05) is 6.54 Å². The maximum absolute atomic E-state index is 11.5. The summed E-state index contributed by atoms with van der Waals surface area (Å²) in [6.45, 7) is 2.47. The number of nitrogens with two attached hydrogens (primary N) is 1. The van der Waals surface area contributed by atoms with E-state index in [1.54, 1.807) is 25.2 Å². The maximum atomic E-state index is 11.5. The van der Waals surface area contributed by atoms with E-state index in [1.165, 1.54) is 0 Å². The number of sulfonamides is 1. The van der Waals surface area contributed by atoms with Gasteiger partial charge in [0.15, 0.2) is 0 Å². The molecule has 1 atom stereocenters. The average molecular weight is 226 g/mol. The number of fused-ring (bicyclic) bond motifs is 1. The van der Waals surface area contributed by atoms with Gasteiger partial charge >= 0.3 is 0 Å². The molecule has 15 heavy (non-hydrogen) atoms. The van der Waals surface area contributed by atoms with E-state index < -0.39 is 14.8 Å². The van der Waals surface area contributed by atoms with Crippen molar-refractivity contribution in [3.8, 4) is 0 Å². The summed E-state index contributed by atoms with van der Waals surface area (Å²) in [6.07, 6.45) is 7.81. The van der Waals surface area contributed by atoms with Gasteiger partial charge in [0.1, 0.15) is 4.75 Å². The standard InChI is InChI=1S/C10H14N2O2S/c1-10(15(11,13)14)5-2-3-9-8(7-10)4-6-12-9/h2-3,5,7,12H,4,6H2,1H3,(H2,11,13,14). The molecule has 1 aliphatic carbocycles. The summed E-state index contributed by atoms with van der Waals surface area (Å²) in [5, 5.41) is 8.42. The van der Waals surface area contributed by atoms with Crippen LogP contribution in [0.2, 0.25) is 0 Å². The van der Waals surface area contributed by atoms with Crippen molar-refractivity contribution < 1.29 is 8.42 Å². The highest BCUT2D eigenvalue weighted by molar-refractivity contribution is 7.90. The highest BCUT2D eigenvalue weighted by Crippen LogP contribution is 2.29. The molecule has 0 radical (unpaired) electrons. The quantitative estimate of drug-likeness (QED) is 0.680. The molecular formula is C10H14N2O2S. The molecule has 3 N–H and O–H groups in total. The van der Waals surface area contributed by atoms with Gasteiger partial charge in [-0.2, -0.15) is 0 Å². The van der Waals surface area contributed by atoms with Crippen LogP contribution in [0.3, 0.4) is 0 Å². The molecular weight excluding hydrogens is 212 g/mol. The molecule has 1 heterocycles. The smallest absolute Gasteiger partial charge is 0.221 e. The van der Waals surface area contributed by atoms with Crippen molar-refractivity contribution in [2.45, 2.75) is 18.1 Å². The fourth-order valence-corrected chi connectivity index (χ4v) is 2.38. The molecule has 0 aromatic heterocycles. The fourth-order valence-electron chi connectivity index (χ4n) is 1.80. The lowest BCUT2D eigenvalue weighted by atomic mass is 10.1. The molecule has 1 saturated heterocycles. The second kappa shape index (κ2) is 3.21. The van der Waals surface area contributed by atoms with Crippen LogP contribution in [0.4, 0.5) is 0 Å². The van der Waals surface area contributed by atoms with Crippen LogP contribution < -0.4 is 10.5 Å². The molecule has 0 bridgehead atoms. The van der Waals surface area contributed by atoms with Crippen LogP contribution in [0, 0.1) is 0 Å². The summed E-state index contributed by atoms with van der Waals surface area (Å²) in [4.78, 5) is 0.